The first-order chi connectivity index (χ1) is 11.0. The van der Waals surface area contributed by atoms with Gasteiger partial charge in [0.1, 0.15) is 0 Å². The number of nitrogens with zero attached hydrogens (tertiary/aromatic N) is 3. The average molecular weight is 314 g/mol. The fraction of sp³-hybridized carbons (Fsp3) is 0.471. The highest BCUT2D eigenvalue weighted by atomic mass is 16.3. The van der Waals surface area contributed by atoms with Gasteiger partial charge in [-0.05, 0) is 50.8 Å². The van der Waals surface area contributed by atoms with Crippen LogP contribution < -0.4 is 5.32 Å². The number of pyridine rings is 1. The highest BCUT2D eigenvalue weighted by Gasteiger charge is 2.31. The second-order valence-corrected chi connectivity index (χ2v) is 6.19. The second-order valence-electron chi connectivity index (χ2n) is 6.19. The van der Waals surface area contributed by atoms with Gasteiger partial charge in [0.15, 0.2) is 5.82 Å². The van der Waals surface area contributed by atoms with Gasteiger partial charge in [0.05, 0.1) is 17.7 Å². The average Bonchev–Trinajstić information content (AvgIpc) is 3.10. The number of aromatic nitrogens is 3. The third-order valence-electron chi connectivity index (χ3n) is 4.32. The van der Waals surface area contributed by atoms with Crippen LogP contribution in [0, 0.1) is 19.8 Å². The van der Waals surface area contributed by atoms with Crippen LogP contribution in [0.15, 0.2) is 24.4 Å². The summed E-state index contributed by atoms with van der Waals surface area (Å²) in [5.74, 6) is 0.423. The van der Waals surface area contributed by atoms with E-state index in [-0.39, 0.29) is 11.8 Å². The van der Waals surface area contributed by atoms with Gasteiger partial charge in [-0.15, -0.1) is 0 Å². The number of nitrogens with one attached hydrogen (secondary N) is 1. The number of carbonyl (C=O) groups is 1. The minimum atomic E-state index is -0.499. The van der Waals surface area contributed by atoms with Gasteiger partial charge in [0.2, 0.25) is 5.91 Å². The Morgan fingerprint density at radius 3 is 2.78 bits per heavy atom. The number of aliphatic hydroxyl groups is 1. The van der Waals surface area contributed by atoms with Crippen LogP contribution in [-0.4, -0.2) is 31.9 Å². The SMILES string of the molecule is Cc1cc(C)n(-c2ccc(CNC(=O)C3CCCC3O)cn2)n1. The smallest absolute Gasteiger partial charge is 0.225 e. The lowest BCUT2D eigenvalue weighted by Crippen LogP contribution is -2.34. The van der Waals surface area contributed by atoms with Gasteiger partial charge in [0, 0.05) is 18.4 Å². The van der Waals surface area contributed by atoms with Gasteiger partial charge < -0.3 is 10.4 Å². The zero-order chi connectivity index (χ0) is 16.4. The van der Waals surface area contributed by atoms with Crippen molar-refractivity contribution in [2.24, 2.45) is 5.92 Å². The summed E-state index contributed by atoms with van der Waals surface area (Å²) >= 11 is 0. The van der Waals surface area contributed by atoms with E-state index >= 15 is 0 Å². The van der Waals surface area contributed by atoms with E-state index in [9.17, 15) is 9.90 Å². The van der Waals surface area contributed by atoms with E-state index in [2.05, 4.69) is 15.4 Å². The summed E-state index contributed by atoms with van der Waals surface area (Å²) in [5, 5.41) is 17.1. The van der Waals surface area contributed by atoms with Gasteiger partial charge in [-0.3, -0.25) is 4.79 Å². The molecule has 2 N–H and O–H groups in total. The van der Waals surface area contributed by atoms with Gasteiger partial charge in [-0.25, -0.2) is 9.67 Å². The van der Waals surface area contributed by atoms with Gasteiger partial charge in [-0.2, -0.15) is 5.10 Å². The van der Waals surface area contributed by atoms with Gasteiger partial charge in [0.25, 0.3) is 0 Å². The monoisotopic (exact) mass is 314 g/mol. The van der Waals surface area contributed by atoms with Gasteiger partial charge in [-0.1, -0.05) is 6.07 Å². The van der Waals surface area contributed by atoms with Crippen molar-refractivity contribution in [1.82, 2.24) is 20.1 Å². The van der Waals surface area contributed by atoms with E-state index in [0.29, 0.717) is 6.54 Å². The van der Waals surface area contributed by atoms with Crippen molar-refractivity contribution in [3.8, 4) is 5.82 Å². The standard InChI is InChI=1S/C17H22N4O2/c1-11-8-12(2)21(20-11)16-7-6-13(9-18-16)10-19-17(23)14-4-3-5-15(14)22/h6-9,14-15,22H,3-5,10H2,1-2H3,(H,19,23). The Bertz CT molecular complexity index is 693. The highest BCUT2D eigenvalue weighted by Crippen LogP contribution is 2.25. The Morgan fingerprint density at radius 2 is 2.22 bits per heavy atom. The second kappa shape index (κ2) is 6.50. The molecule has 1 aliphatic carbocycles. The molecule has 0 radical (unpaired) electrons. The molecule has 6 nitrogen and oxygen atoms in total. The molecule has 23 heavy (non-hydrogen) atoms. The topological polar surface area (TPSA) is 80.0 Å². The van der Waals surface area contributed by atoms with Crippen molar-refractivity contribution in [3.05, 3.63) is 41.3 Å². The molecule has 2 heterocycles. The van der Waals surface area contributed by atoms with E-state index in [1.807, 2.05) is 32.0 Å². The molecule has 2 aromatic heterocycles. The Labute approximate surface area is 135 Å². The maximum absolute atomic E-state index is 12.1. The van der Waals surface area contributed by atoms with Crippen LogP contribution in [0.2, 0.25) is 0 Å². The summed E-state index contributed by atoms with van der Waals surface area (Å²) in [4.78, 5) is 16.5. The molecule has 3 rings (SSSR count). The van der Waals surface area contributed by atoms with Crippen molar-refractivity contribution in [2.45, 2.75) is 45.8 Å². The van der Waals surface area contributed by atoms with E-state index in [0.717, 1.165) is 42.0 Å². The molecule has 2 unspecified atom stereocenters. The molecule has 1 amide bonds. The molecule has 122 valence electrons. The normalized spacial score (nSPS) is 20.7. The molecule has 0 saturated heterocycles. The highest BCUT2D eigenvalue weighted by molar-refractivity contribution is 5.79. The predicted molar refractivity (Wildman–Crippen MR) is 86.0 cm³/mol. The lowest BCUT2D eigenvalue weighted by molar-refractivity contribution is -0.127. The lowest BCUT2D eigenvalue weighted by Gasteiger charge is -2.14. The van der Waals surface area contributed by atoms with Crippen molar-refractivity contribution in [1.29, 1.82) is 0 Å². The summed E-state index contributed by atoms with van der Waals surface area (Å²) in [7, 11) is 0. The minimum absolute atomic E-state index is 0.0716. The first-order valence-electron chi connectivity index (χ1n) is 7.99. The summed E-state index contributed by atoms with van der Waals surface area (Å²) < 4.78 is 1.80. The maximum atomic E-state index is 12.1. The van der Waals surface area contributed by atoms with Crippen molar-refractivity contribution in [2.75, 3.05) is 0 Å². The number of aliphatic hydroxyl groups excluding tert-OH is 1. The van der Waals surface area contributed by atoms with E-state index in [1.54, 1.807) is 10.9 Å². The van der Waals surface area contributed by atoms with Crippen LogP contribution in [0.3, 0.4) is 0 Å². The number of rotatable bonds is 4. The van der Waals surface area contributed by atoms with Crippen LogP contribution in [-0.2, 0) is 11.3 Å². The summed E-state index contributed by atoms with van der Waals surface area (Å²) in [5.41, 5.74) is 2.91. The maximum Gasteiger partial charge on any atom is 0.225 e. The van der Waals surface area contributed by atoms with Crippen LogP contribution in [0.5, 0.6) is 0 Å². The Hall–Kier alpha value is -2.21. The quantitative estimate of drug-likeness (QED) is 0.899. The minimum Gasteiger partial charge on any atom is -0.392 e. The Kier molecular flexibility index (Phi) is 4.43. The first kappa shape index (κ1) is 15.7. The van der Waals surface area contributed by atoms with Crippen molar-refractivity contribution < 1.29 is 9.90 Å². The van der Waals surface area contributed by atoms with Crippen molar-refractivity contribution >= 4 is 5.91 Å². The molecule has 2 aromatic rings. The third kappa shape index (κ3) is 3.42. The van der Waals surface area contributed by atoms with E-state index in [1.165, 1.54) is 0 Å². The summed E-state index contributed by atoms with van der Waals surface area (Å²) in [6.07, 6.45) is 3.65. The van der Waals surface area contributed by atoms with Crippen LogP contribution in [0.1, 0.15) is 36.2 Å². The first-order valence-corrected chi connectivity index (χ1v) is 7.99. The number of hydrogen-bond donors (Lipinski definition) is 2. The van der Waals surface area contributed by atoms with Crippen LogP contribution >= 0.6 is 0 Å². The van der Waals surface area contributed by atoms with Crippen molar-refractivity contribution in [3.63, 3.8) is 0 Å². The molecule has 0 bridgehead atoms. The van der Waals surface area contributed by atoms with E-state index in [4.69, 9.17) is 0 Å². The Morgan fingerprint density at radius 1 is 1.39 bits per heavy atom. The summed E-state index contributed by atoms with van der Waals surface area (Å²) in [6, 6.07) is 5.83. The molecule has 2 atom stereocenters. The summed E-state index contributed by atoms with van der Waals surface area (Å²) in [6.45, 7) is 4.36. The molecule has 0 aliphatic heterocycles. The molecule has 1 saturated carbocycles. The molecular weight excluding hydrogens is 292 g/mol. The third-order valence-corrected chi connectivity index (χ3v) is 4.32. The number of hydrogen-bond acceptors (Lipinski definition) is 4. The fourth-order valence-corrected chi connectivity index (χ4v) is 3.07. The lowest BCUT2D eigenvalue weighted by atomic mass is 10.1. The molecule has 0 aromatic carbocycles. The molecular formula is C17H22N4O2. The zero-order valence-electron chi connectivity index (χ0n) is 13.5. The fourth-order valence-electron chi connectivity index (χ4n) is 3.07. The molecule has 1 aliphatic rings. The number of aryl methyl sites for hydroxylation is 2. The van der Waals surface area contributed by atoms with Gasteiger partial charge >= 0.3 is 0 Å². The molecule has 0 spiro atoms. The zero-order valence-corrected chi connectivity index (χ0v) is 13.5. The van der Waals surface area contributed by atoms with Crippen LogP contribution in [0.4, 0.5) is 0 Å². The molecule has 6 heteroatoms. The Balaban J connectivity index is 1.61. The molecule has 1 fully saturated rings. The largest absolute Gasteiger partial charge is 0.392 e. The predicted octanol–water partition coefficient (Wildman–Crippen LogP) is 1.66. The number of amides is 1. The number of carbonyl (C=O) groups excluding carboxylic acids is 1. The van der Waals surface area contributed by atoms with Crippen LogP contribution in [0.25, 0.3) is 5.82 Å². The van der Waals surface area contributed by atoms with E-state index < -0.39 is 6.10 Å².